The highest BCUT2D eigenvalue weighted by Gasteiger charge is 2.07. The van der Waals surface area contributed by atoms with Crippen molar-refractivity contribution in [2.24, 2.45) is 0 Å². The van der Waals surface area contributed by atoms with Gasteiger partial charge in [-0.25, -0.2) is 0 Å². The summed E-state index contributed by atoms with van der Waals surface area (Å²) in [4.78, 5) is 11.0. The molecule has 0 aliphatic rings. The van der Waals surface area contributed by atoms with Crippen LogP contribution in [0, 0.1) is 13.8 Å². The van der Waals surface area contributed by atoms with Gasteiger partial charge in [0.05, 0.1) is 17.2 Å². The molecule has 0 bridgehead atoms. The molecule has 1 unspecified atom stereocenters. The van der Waals surface area contributed by atoms with Crippen LogP contribution in [0.4, 0.5) is 0 Å². The predicted octanol–water partition coefficient (Wildman–Crippen LogP) is 1.89. The predicted molar refractivity (Wildman–Crippen MR) is 59.4 cm³/mol. The van der Waals surface area contributed by atoms with Gasteiger partial charge < -0.3 is 5.11 Å². The third-order valence-corrected chi connectivity index (χ3v) is 3.60. The van der Waals surface area contributed by atoms with Crippen LogP contribution in [-0.2, 0) is 15.6 Å². The molecule has 0 fully saturated rings. The van der Waals surface area contributed by atoms with Gasteiger partial charge in [-0.05, 0) is 37.1 Å². The Balaban J connectivity index is 2.74. The first-order valence-electron chi connectivity index (χ1n) is 4.68. The quantitative estimate of drug-likeness (QED) is 0.853. The van der Waals surface area contributed by atoms with E-state index in [2.05, 4.69) is 0 Å². The molecule has 0 saturated carbocycles. The number of carboxylic acid groups (broad SMARTS) is 1. The summed E-state index contributed by atoms with van der Waals surface area (Å²) in [5.41, 5.74) is 2.23. The van der Waals surface area contributed by atoms with Crippen molar-refractivity contribution >= 4 is 16.8 Å². The molecule has 0 amide bonds. The monoisotopic (exact) mass is 226 g/mol. The van der Waals surface area contributed by atoms with Crippen LogP contribution in [0.2, 0.25) is 0 Å². The highest BCUT2D eigenvalue weighted by molar-refractivity contribution is 7.85. The second-order valence-corrected chi connectivity index (χ2v) is 5.01. The van der Waals surface area contributed by atoms with E-state index in [4.69, 9.17) is 5.11 Å². The van der Waals surface area contributed by atoms with Crippen LogP contribution in [0.3, 0.4) is 0 Å². The first-order valence-corrected chi connectivity index (χ1v) is 6.00. The van der Waals surface area contributed by atoms with E-state index in [0.29, 0.717) is 4.90 Å². The number of rotatable bonds is 4. The zero-order chi connectivity index (χ0) is 11.4. The van der Waals surface area contributed by atoms with E-state index < -0.39 is 16.8 Å². The van der Waals surface area contributed by atoms with Gasteiger partial charge >= 0.3 is 5.97 Å². The summed E-state index contributed by atoms with van der Waals surface area (Å²) in [6.07, 6.45) is -0.0560. The maximum Gasteiger partial charge on any atom is 0.304 e. The van der Waals surface area contributed by atoms with Gasteiger partial charge in [0.15, 0.2) is 0 Å². The molecule has 1 aromatic rings. The van der Waals surface area contributed by atoms with Gasteiger partial charge in [-0.15, -0.1) is 0 Å². The van der Waals surface area contributed by atoms with E-state index >= 15 is 0 Å². The molecular formula is C11H14O3S. The largest absolute Gasteiger partial charge is 0.481 e. The van der Waals surface area contributed by atoms with Gasteiger partial charge in [0.1, 0.15) is 0 Å². The number of carboxylic acids is 1. The molecule has 0 aliphatic heterocycles. The number of aryl methyl sites for hydroxylation is 2. The maximum absolute atomic E-state index is 11.7. The minimum atomic E-state index is -1.20. The van der Waals surface area contributed by atoms with E-state index in [1.807, 2.05) is 26.0 Å². The number of benzene rings is 1. The Kier molecular flexibility index (Phi) is 4.03. The molecular weight excluding hydrogens is 212 g/mol. The zero-order valence-electron chi connectivity index (χ0n) is 8.82. The average molecular weight is 226 g/mol. The second-order valence-electron chi connectivity index (χ2n) is 3.44. The molecule has 1 atom stereocenters. The third-order valence-electron chi connectivity index (χ3n) is 2.24. The van der Waals surface area contributed by atoms with Gasteiger partial charge in [0.25, 0.3) is 0 Å². The first-order chi connectivity index (χ1) is 7.00. The topological polar surface area (TPSA) is 54.4 Å². The van der Waals surface area contributed by atoms with Crippen LogP contribution in [0.5, 0.6) is 0 Å². The van der Waals surface area contributed by atoms with Crippen molar-refractivity contribution in [3.63, 3.8) is 0 Å². The first kappa shape index (κ1) is 11.9. The lowest BCUT2D eigenvalue weighted by molar-refractivity contribution is -0.136. The average Bonchev–Trinajstić information content (AvgIpc) is 2.18. The Morgan fingerprint density at radius 1 is 1.33 bits per heavy atom. The van der Waals surface area contributed by atoms with Gasteiger partial charge in [-0.3, -0.25) is 9.00 Å². The van der Waals surface area contributed by atoms with Gasteiger partial charge in [-0.2, -0.15) is 0 Å². The van der Waals surface area contributed by atoms with E-state index in [1.165, 1.54) is 0 Å². The minimum Gasteiger partial charge on any atom is -0.481 e. The van der Waals surface area contributed by atoms with E-state index in [9.17, 15) is 9.00 Å². The fourth-order valence-corrected chi connectivity index (χ4v) is 2.28. The Morgan fingerprint density at radius 2 is 2.00 bits per heavy atom. The van der Waals surface area contributed by atoms with Crippen LogP contribution in [0.15, 0.2) is 23.1 Å². The van der Waals surface area contributed by atoms with E-state index in [-0.39, 0.29) is 12.2 Å². The molecule has 1 aromatic carbocycles. The van der Waals surface area contributed by atoms with Gasteiger partial charge in [-0.1, -0.05) is 6.07 Å². The smallest absolute Gasteiger partial charge is 0.304 e. The zero-order valence-corrected chi connectivity index (χ0v) is 9.63. The van der Waals surface area contributed by atoms with E-state index in [0.717, 1.165) is 11.1 Å². The van der Waals surface area contributed by atoms with Crippen molar-refractivity contribution in [2.45, 2.75) is 25.2 Å². The van der Waals surface area contributed by atoms with Crippen molar-refractivity contribution < 1.29 is 14.1 Å². The molecule has 15 heavy (non-hydrogen) atoms. The summed E-state index contributed by atoms with van der Waals surface area (Å²) in [7, 11) is -1.20. The Hall–Kier alpha value is -1.16. The van der Waals surface area contributed by atoms with Crippen LogP contribution in [-0.4, -0.2) is 21.0 Å². The van der Waals surface area contributed by atoms with Crippen molar-refractivity contribution in [1.82, 2.24) is 0 Å². The van der Waals surface area contributed by atoms with Crippen molar-refractivity contribution in [2.75, 3.05) is 5.75 Å². The molecule has 82 valence electrons. The summed E-state index contributed by atoms with van der Waals surface area (Å²) in [5, 5.41) is 8.47. The summed E-state index contributed by atoms with van der Waals surface area (Å²) in [5.74, 6) is -0.732. The van der Waals surface area contributed by atoms with Gasteiger partial charge in [0.2, 0.25) is 0 Å². The third kappa shape index (κ3) is 3.47. The van der Waals surface area contributed by atoms with Crippen molar-refractivity contribution in [3.05, 3.63) is 29.3 Å². The summed E-state index contributed by atoms with van der Waals surface area (Å²) in [6, 6.07) is 5.55. The lowest BCUT2D eigenvalue weighted by Crippen LogP contribution is -2.05. The van der Waals surface area contributed by atoms with Crippen LogP contribution >= 0.6 is 0 Å². The molecule has 0 spiro atoms. The molecule has 4 heteroatoms. The van der Waals surface area contributed by atoms with Crippen molar-refractivity contribution in [1.29, 1.82) is 0 Å². The lowest BCUT2D eigenvalue weighted by Gasteiger charge is -2.04. The number of hydrogen-bond donors (Lipinski definition) is 1. The highest BCUT2D eigenvalue weighted by Crippen LogP contribution is 2.13. The Labute approximate surface area is 91.6 Å². The summed E-state index contributed by atoms with van der Waals surface area (Å²) >= 11 is 0. The summed E-state index contributed by atoms with van der Waals surface area (Å²) < 4.78 is 11.7. The molecule has 0 heterocycles. The number of aliphatic carboxylic acids is 1. The van der Waals surface area contributed by atoms with Crippen LogP contribution < -0.4 is 0 Å². The van der Waals surface area contributed by atoms with Crippen LogP contribution in [0.25, 0.3) is 0 Å². The Bertz CT molecular complexity index is 399. The van der Waals surface area contributed by atoms with Crippen LogP contribution in [0.1, 0.15) is 17.5 Å². The second kappa shape index (κ2) is 5.07. The SMILES string of the molecule is Cc1ccc(S(=O)CCC(=O)O)cc1C. The molecule has 0 aliphatic carbocycles. The lowest BCUT2D eigenvalue weighted by atomic mass is 10.1. The maximum atomic E-state index is 11.7. The molecule has 1 N–H and O–H groups in total. The van der Waals surface area contributed by atoms with Crippen molar-refractivity contribution in [3.8, 4) is 0 Å². The van der Waals surface area contributed by atoms with E-state index in [1.54, 1.807) is 6.07 Å². The molecule has 1 rings (SSSR count). The summed E-state index contributed by atoms with van der Waals surface area (Å²) in [6.45, 7) is 3.94. The number of carbonyl (C=O) groups is 1. The molecule has 3 nitrogen and oxygen atoms in total. The normalized spacial score (nSPS) is 12.4. The fourth-order valence-electron chi connectivity index (χ4n) is 1.15. The molecule has 0 aromatic heterocycles. The fraction of sp³-hybridized carbons (Fsp3) is 0.364. The minimum absolute atomic E-state index is 0.0560. The highest BCUT2D eigenvalue weighted by atomic mass is 32.2. The Morgan fingerprint density at radius 3 is 2.53 bits per heavy atom. The molecule has 0 saturated heterocycles. The standard InChI is InChI=1S/C11H14O3S/c1-8-3-4-10(7-9(8)2)15(14)6-5-11(12)13/h3-4,7H,5-6H2,1-2H3,(H,12,13). The number of hydrogen-bond acceptors (Lipinski definition) is 2. The van der Waals surface area contributed by atoms with Gasteiger partial charge in [0, 0.05) is 10.6 Å². The molecule has 0 radical (unpaired) electrons.